The average molecular weight is 405 g/mol. The zero-order valence-electron chi connectivity index (χ0n) is 13.9. The Morgan fingerprint density at radius 2 is 1.87 bits per heavy atom. The van der Waals surface area contributed by atoms with E-state index in [0.717, 1.165) is 55.7 Å². The average Bonchev–Trinajstić information content (AvgIpc) is 2.52. The molecule has 1 saturated heterocycles. The predicted molar refractivity (Wildman–Crippen MR) is 101 cm³/mol. The van der Waals surface area contributed by atoms with E-state index in [1.165, 1.54) is 0 Å². The number of piperazine rings is 1. The fraction of sp³-hybridized carbons (Fsp3) is 0.588. The number of hydrogen-bond donors (Lipinski definition) is 2. The van der Waals surface area contributed by atoms with Crippen LogP contribution in [0.1, 0.15) is 25.8 Å². The first-order valence-corrected chi connectivity index (χ1v) is 8.77. The minimum absolute atomic E-state index is 0. The molecule has 1 aliphatic rings. The van der Waals surface area contributed by atoms with Crippen LogP contribution in [-0.2, 0) is 10.2 Å². The maximum absolute atomic E-state index is 12.5. The van der Waals surface area contributed by atoms with Crippen LogP contribution in [0.4, 0.5) is 0 Å². The Bertz CT molecular complexity index is 487. The van der Waals surface area contributed by atoms with Gasteiger partial charge in [-0.2, -0.15) is 0 Å². The smallest absolute Gasteiger partial charge is 0.230 e. The molecule has 1 aromatic carbocycles. The molecule has 23 heavy (non-hydrogen) atoms. The first kappa shape index (κ1) is 20.4. The van der Waals surface area contributed by atoms with Crippen LogP contribution < -0.4 is 10.6 Å². The molecule has 130 valence electrons. The quantitative estimate of drug-likeness (QED) is 0.716. The molecule has 1 aliphatic heterocycles. The molecule has 0 aliphatic carbocycles. The molecule has 0 spiro atoms. The predicted octanol–water partition coefficient (Wildman–Crippen LogP) is 2.56. The maximum atomic E-state index is 12.5. The summed E-state index contributed by atoms with van der Waals surface area (Å²) >= 11 is 3.43. The molecule has 0 atom stereocenters. The van der Waals surface area contributed by atoms with Gasteiger partial charge in [0.15, 0.2) is 0 Å². The molecule has 0 radical (unpaired) electrons. The van der Waals surface area contributed by atoms with Crippen LogP contribution in [0, 0.1) is 0 Å². The van der Waals surface area contributed by atoms with E-state index in [-0.39, 0.29) is 18.3 Å². The van der Waals surface area contributed by atoms with Gasteiger partial charge in [0, 0.05) is 37.2 Å². The Morgan fingerprint density at radius 3 is 2.48 bits per heavy atom. The maximum Gasteiger partial charge on any atom is 0.230 e. The Morgan fingerprint density at radius 1 is 1.26 bits per heavy atom. The lowest BCUT2D eigenvalue weighted by Gasteiger charge is -2.28. The number of nitrogens with one attached hydrogen (secondary N) is 2. The molecule has 6 heteroatoms. The highest BCUT2D eigenvalue weighted by Crippen LogP contribution is 2.24. The number of hydrogen-bond acceptors (Lipinski definition) is 3. The molecule has 0 aromatic heterocycles. The Hall–Kier alpha value is -0.620. The lowest BCUT2D eigenvalue weighted by Crippen LogP contribution is -2.45. The van der Waals surface area contributed by atoms with Gasteiger partial charge in [0.2, 0.25) is 5.91 Å². The summed E-state index contributed by atoms with van der Waals surface area (Å²) in [7, 11) is 0. The van der Waals surface area contributed by atoms with Crippen molar-refractivity contribution in [3.05, 3.63) is 34.3 Å². The summed E-state index contributed by atoms with van der Waals surface area (Å²) in [5.41, 5.74) is 0.533. The van der Waals surface area contributed by atoms with E-state index in [1.807, 2.05) is 38.1 Å². The molecule has 2 rings (SSSR count). The van der Waals surface area contributed by atoms with Crippen LogP contribution in [0.15, 0.2) is 28.7 Å². The van der Waals surface area contributed by atoms with Gasteiger partial charge >= 0.3 is 0 Å². The summed E-state index contributed by atoms with van der Waals surface area (Å²) in [6.07, 6.45) is 1.00. The van der Waals surface area contributed by atoms with Crippen LogP contribution in [0.5, 0.6) is 0 Å². The summed E-state index contributed by atoms with van der Waals surface area (Å²) < 4.78 is 1.03. The van der Waals surface area contributed by atoms with Gasteiger partial charge in [-0.3, -0.25) is 4.79 Å². The molecular formula is C17H27BrClN3O. The second-order valence-electron chi connectivity index (χ2n) is 6.33. The molecular weight excluding hydrogens is 378 g/mol. The SMILES string of the molecule is CC(C)(C(=O)NCCCN1CCNCC1)c1ccc(Br)cc1.Cl. The van der Waals surface area contributed by atoms with Crippen LogP contribution in [0.25, 0.3) is 0 Å². The van der Waals surface area contributed by atoms with E-state index in [1.54, 1.807) is 0 Å². The monoisotopic (exact) mass is 403 g/mol. The Labute approximate surface area is 153 Å². The molecule has 1 aromatic rings. The Balaban J connectivity index is 0.00000264. The highest BCUT2D eigenvalue weighted by atomic mass is 79.9. The first-order valence-electron chi connectivity index (χ1n) is 7.97. The van der Waals surface area contributed by atoms with Crippen molar-refractivity contribution in [3.63, 3.8) is 0 Å². The van der Waals surface area contributed by atoms with E-state index in [4.69, 9.17) is 0 Å². The van der Waals surface area contributed by atoms with Crippen molar-refractivity contribution in [2.75, 3.05) is 39.3 Å². The van der Waals surface area contributed by atoms with Crippen molar-refractivity contribution in [2.45, 2.75) is 25.7 Å². The summed E-state index contributed by atoms with van der Waals surface area (Å²) in [5, 5.41) is 6.43. The standard InChI is InChI=1S/C17H26BrN3O.ClH/c1-17(2,14-4-6-15(18)7-5-14)16(22)20-8-3-11-21-12-9-19-10-13-21;/h4-7,19H,3,8-13H2,1-2H3,(H,20,22);1H. The van der Waals surface area contributed by atoms with E-state index < -0.39 is 5.41 Å². The first-order chi connectivity index (χ1) is 10.5. The van der Waals surface area contributed by atoms with Gasteiger partial charge in [-0.15, -0.1) is 12.4 Å². The fourth-order valence-corrected chi connectivity index (χ4v) is 2.92. The second-order valence-corrected chi connectivity index (χ2v) is 7.25. The number of carbonyl (C=O) groups excluding carboxylic acids is 1. The number of benzene rings is 1. The van der Waals surface area contributed by atoms with Crippen LogP contribution in [-0.4, -0.2) is 50.1 Å². The summed E-state index contributed by atoms with van der Waals surface area (Å²) in [5.74, 6) is 0.0927. The summed E-state index contributed by atoms with van der Waals surface area (Å²) in [6.45, 7) is 10.1. The molecule has 2 N–H and O–H groups in total. The van der Waals surface area contributed by atoms with Crippen molar-refractivity contribution in [1.82, 2.24) is 15.5 Å². The third-order valence-corrected chi connectivity index (χ3v) is 4.81. The lowest BCUT2D eigenvalue weighted by atomic mass is 9.84. The number of carbonyl (C=O) groups is 1. The molecule has 0 bridgehead atoms. The normalized spacial score (nSPS) is 15.8. The minimum Gasteiger partial charge on any atom is -0.355 e. The second kappa shape index (κ2) is 9.62. The van der Waals surface area contributed by atoms with Crippen LogP contribution in [0.3, 0.4) is 0 Å². The number of nitrogens with zero attached hydrogens (tertiary/aromatic N) is 1. The number of amides is 1. The minimum atomic E-state index is -0.504. The van der Waals surface area contributed by atoms with Gasteiger partial charge in [0.1, 0.15) is 0 Å². The van der Waals surface area contributed by atoms with Gasteiger partial charge in [0.25, 0.3) is 0 Å². The van der Waals surface area contributed by atoms with Gasteiger partial charge in [-0.25, -0.2) is 0 Å². The van der Waals surface area contributed by atoms with E-state index in [9.17, 15) is 4.79 Å². The van der Waals surface area contributed by atoms with Crippen molar-refractivity contribution >= 4 is 34.2 Å². The third-order valence-electron chi connectivity index (χ3n) is 4.28. The number of halogens is 2. The van der Waals surface area contributed by atoms with Crippen LogP contribution in [0.2, 0.25) is 0 Å². The fourth-order valence-electron chi connectivity index (χ4n) is 2.66. The van der Waals surface area contributed by atoms with Crippen molar-refractivity contribution < 1.29 is 4.79 Å². The molecule has 1 fully saturated rings. The molecule has 0 saturated carbocycles. The number of rotatable bonds is 6. The lowest BCUT2D eigenvalue weighted by molar-refractivity contribution is -0.125. The highest BCUT2D eigenvalue weighted by Gasteiger charge is 2.29. The van der Waals surface area contributed by atoms with E-state index >= 15 is 0 Å². The van der Waals surface area contributed by atoms with Crippen molar-refractivity contribution in [3.8, 4) is 0 Å². The topological polar surface area (TPSA) is 44.4 Å². The summed E-state index contributed by atoms with van der Waals surface area (Å²) in [6, 6.07) is 7.97. The van der Waals surface area contributed by atoms with Gasteiger partial charge in [0.05, 0.1) is 5.41 Å². The largest absolute Gasteiger partial charge is 0.355 e. The van der Waals surface area contributed by atoms with Gasteiger partial charge in [-0.1, -0.05) is 28.1 Å². The molecule has 0 unspecified atom stereocenters. The van der Waals surface area contributed by atoms with E-state index in [0.29, 0.717) is 0 Å². The van der Waals surface area contributed by atoms with E-state index in [2.05, 4.69) is 31.5 Å². The van der Waals surface area contributed by atoms with Crippen molar-refractivity contribution in [1.29, 1.82) is 0 Å². The van der Waals surface area contributed by atoms with Gasteiger partial charge < -0.3 is 15.5 Å². The zero-order valence-corrected chi connectivity index (χ0v) is 16.3. The third kappa shape index (κ3) is 6.07. The van der Waals surface area contributed by atoms with Crippen molar-refractivity contribution in [2.24, 2.45) is 0 Å². The zero-order chi connectivity index (χ0) is 16.0. The molecule has 1 amide bonds. The summed E-state index contributed by atoms with van der Waals surface area (Å²) in [4.78, 5) is 14.9. The van der Waals surface area contributed by atoms with Crippen LogP contribution >= 0.6 is 28.3 Å². The Kier molecular flexibility index (Phi) is 8.54. The highest BCUT2D eigenvalue weighted by molar-refractivity contribution is 9.10. The molecule has 4 nitrogen and oxygen atoms in total. The van der Waals surface area contributed by atoms with Gasteiger partial charge in [-0.05, 0) is 44.5 Å². The molecule has 1 heterocycles.